The summed E-state index contributed by atoms with van der Waals surface area (Å²) in [5, 5.41) is 0.773. The molecule has 0 N–H and O–H groups in total. The number of rotatable bonds is 3. The Hall–Kier alpha value is -1.50. The molecule has 1 aromatic carbocycles. The van der Waals surface area contributed by atoms with Crippen molar-refractivity contribution in [2.75, 3.05) is 31.6 Å². The van der Waals surface area contributed by atoms with Crippen LogP contribution in [0.3, 0.4) is 0 Å². The molecule has 1 saturated carbocycles. The second-order valence-electron chi connectivity index (χ2n) is 6.65. The average molecular weight is 345 g/mol. The number of para-hydroxylation sites is 1. The van der Waals surface area contributed by atoms with Crippen LogP contribution in [0, 0.1) is 0 Å². The molecule has 2 heterocycles. The summed E-state index contributed by atoms with van der Waals surface area (Å²) in [6, 6.07) is 8.42. The topological polar surface area (TPSA) is 45.7 Å². The number of fused-ring (bicyclic) bond motifs is 2. The van der Waals surface area contributed by atoms with Gasteiger partial charge in [-0.3, -0.25) is 14.6 Å². The number of hydrogen-bond acceptors (Lipinski definition) is 5. The molecule has 1 amide bonds. The van der Waals surface area contributed by atoms with Crippen molar-refractivity contribution in [3.8, 4) is 0 Å². The van der Waals surface area contributed by atoms with Crippen LogP contribution in [-0.2, 0) is 9.53 Å². The van der Waals surface area contributed by atoms with E-state index in [0.29, 0.717) is 18.7 Å². The molecule has 2 fully saturated rings. The van der Waals surface area contributed by atoms with Crippen molar-refractivity contribution in [3.63, 3.8) is 0 Å². The number of thiazole rings is 1. The Balaban J connectivity index is 1.46. The third kappa shape index (κ3) is 3.06. The Morgan fingerprint density at radius 2 is 2.21 bits per heavy atom. The van der Waals surface area contributed by atoms with Crippen LogP contribution in [0.15, 0.2) is 24.3 Å². The highest BCUT2D eigenvalue weighted by atomic mass is 32.1. The second kappa shape index (κ2) is 6.78. The Labute approximate surface area is 146 Å². The fraction of sp³-hybridized carbons (Fsp3) is 0.556. The van der Waals surface area contributed by atoms with Crippen LogP contribution in [0.2, 0.25) is 0 Å². The number of amides is 1. The number of carbonyl (C=O) groups is 1. The third-order valence-electron chi connectivity index (χ3n) is 5.13. The molecule has 0 radical (unpaired) electrons. The fourth-order valence-electron chi connectivity index (χ4n) is 3.76. The van der Waals surface area contributed by atoms with Crippen molar-refractivity contribution >= 4 is 32.6 Å². The van der Waals surface area contributed by atoms with Crippen molar-refractivity contribution in [1.82, 2.24) is 9.88 Å². The zero-order valence-electron chi connectivity index (χ0n) is 14.0. The van der Waals surface area contributed by atoms with Gasteiger partial charge in [0.1, 0.15) is 0 Å². The van der Waals surface area contributed by atoms with E-state index in [1.807, 2.05) is 31.3 Å². The molecule has 1 aliphatic carbocycles. The Bertz CT molecular complexity index is 697. The van der Waals surface area contributed by atoms with Gasteiger partial charge in [0.25, 0.3) is 0 Å². The highest BCUT2D eigenvalue weighted by Gasteiger charge is 2.35. The minimum Gasteiger partial charge on any atom is -0.375 e. The number of hydrogen-bond donors (Lipinski definition) is 0. The Kier molecular flexibility index (Phi) is 4.52. The molecule has 1 aliphatic heterocycles. The molecular formula is C18H23N3O2S. The minimum atomic E-state index is 0.111. The monoisotopic (exact) mass is 345 g/mol. The normalized spacial score (nSPS) is 24.7. The van der Waals surface area contributed by atoms with Crippen LogP contribution in [-0.4, -0.2) is 54.7 Å². The van der Waals surface area contributed by atoms with Crippen LogP contribution >= 0.6 is 11.3 Å². The summed E-state index contributed by atoms with van der Waals surface area (Å²) >= 11 is 1.57. The molecule has 0 spiro atoms. The lowest BCUT2D eigenvalue weighted by atomic mass is 9.90. The first kappa shape index (κ1) is 16.0. The maximum Gasteiger partial charge on any atom is 0.242 e. The Morgan fingerprint density at radius 3 is 3.08 bits per heavy atom. The van der Waals surface area contributed by atoms with Gasteiger partial charge < -0.3 is 4.74 Å². The van der Waals surface area contributed by atoms with E-state index >= 15 is 0 Å². The van der Waals surface area contributed by atoms with Gasteiger partial charge in [0, 0.05) is 19.6 Å². The van der Waals surface area contributed by atoms with Gasteiger partial charge >= 0.3 is 0 Å². The average Bonchev–Trinajstić information content (AvgIpc) is 3.05. The van der Waals surface area contributed by atoms with Crippen LogP contribution in [0.25, 0.3) is 10.2 Å². The van der Waals surface area contributed by atoms with Gasteiger partial charge in [-0.1, -0.05) is 36.3 Å². The van der Waals surface area contributed by atoms with Gasteiger partial charge in [-0.15, -0.1) is 0 Å². The summed E-state index contributed by atoms with van der Waals surface area (Å²) in [5.74, 6) is 0.111. The molecule has 2 aromatic rings. The smallest absolute Gasteiger partial charge is 0.242 e. The van der Waals surface area contributed by atoms with Crippen LogP contribution in [0.4, 0.5) is 5.13 Å². The van der Waals surface area contributed by atoms with Gasteiger partial charge in [-0.05, 0) is 25.0 Å². The quantitative estimate of drug-likeness (QED) is 0.858. The van der Waals surface area contributed by atoms with Gasteiger partial charge in [-0.25, -0.2) is 4.98 Å². The minimum absolute atomic E-state index is 0.111. The predicted octanol–water partition coefficient (Wildman–Crippen LogP) is 2.90. The molecule has 24 heavy (non-hydrogen) atoms. The summed E-state index contributed by atoms with van der Waals surface area (Å²) in [6.45, 7) is 2.04. The maximum atomic E-state index is 12.8. The summed E-state index contributed by atoms with van der Waals surface area (Å²) in [5.41, 5.74) is 0.955. The van der Waals surface area contributed by atoms with E-state index in [9.17, 15) is 4.79 Å². The van der Waals surface area contributed by atoms with E-state index in [1.165, 1.54) is 12.8 Å². The van der Waals surface area contributed by atoms with E-state index in [2.05, 4.69) is 9.88 Å². The van der Waals surface area contributed by atoms with Gasteiger partial charge in [0.05, 0.1) is 29.5 Å². The zero-order valence-corrected chi connectivity index (χ0v) is 14.8. The largest absolute Gasteiger partial charge is 0.375 e. The lowest BCUT2D eigenvalue weighted by Gasteiger charge is -2.43. The molecule has 0 unspecified atom stereocenters. The molecule has 2 aliphatic rings. The number of carbonyl (C=O) groups excluding carboxylic acids is 1. The highest BCUT2D eigenvalue weighted by Crippen LogP contribution is 2.30. The summed E-state index contributed by atoms with van der Waals surface area (Å²) in [7, 11) is 1.83. The second-order valence-corrected chi connectivity index (χ2v) is 7.66. The zero-order chi connectivity index (χ0) is 16.5. The molecule has 2 atom stereocenters. The number of anilines is 1. The molecular weight excluding hydrogens is 322 g/mol. The highest BCUT2D eigenvalue weighted by molar-refractivity contribution is 7.22. The molecule has 4 rings (SSSR count). The summed E-state index contributed by atoms with van der Waals surface area (Å²) in [6.07, 6.45) is 5.07. The van der Waals surface area contributed by atoms with E-state index in [4.69, 9.17) is 4.74 Å². The van der Waals surface area contributed by atoms with Crippen LogP contribution in [0.5, 0.6) is 0 Å². The number of aromatic nitrogens is 1. The van der Waals surface area contributed by atoms with E-state index in [1.54, 1.807) is 16.2 Å². The van der Waals surface area contributed by atoms with Crippen molar-refractivity contribution in [1.29, 1.82) is 0 Å². The van der Waals surface area contributed by atoms with Crippen molar-refractivity contribution in [2.45, 2.75) is 37.8 Å². The number of nitrogens with zero attached hydrogens (tertiary/aromatic N) is 3. The number of ether oxygens (including phenoxy) is 1. The number of likely N-dealkylation sites (N-methyl/N-ethyl adjacent to an activating group) is 1. The standard InChI is InChI=1S/C18H23N3O2S/c1-20(18-19-13-6-2-5-9-16(13)24-18)17(22)12-21-10-11-23-15-8-4-3-7-14(15)21/h2,5-6,9,14-15H,3-4,7-8,10-12H2,1H3/t14-,15+/m1/s1. The first-order valence-corrected chi connectivity index (χ1v) is 9.52. The molecule has 6 heteroatoms. The van der Waals surface area contributed by atoms with Gasteiger partial charge in [0.15, 0.2) is 5.13 Å². The lowest BCUT2D eigenvalue weighted by molar-refractivity contribution is -0.126. The molecule has 1 saturated heterocycles. The SMILES string of the molecule is CN(C(=O)CN1CCO[C@H]2CCCC[C@H]21)c1nc2ccccc2s1. The number of morpholine rings is 1. The van der Waals surface area contributed by atoms with Crippen molar-refractivity contribution in [3.05, 3.63) is 24.3 Å². The van der Waals surface area contributed by atoms with Gasteiger partial charge in [0.2, 0.25) is 5.91 Å². The van der Waals surface area contributed by atoms with E-state index < -0.39 is 0 Å². The number of benzene rings is 1. The van der Waals surface area contributed by atoms with Crippen molar-refractivity contribution < 1.29 is 9.53 Å². The van der Waals surface area contributed by atoms with Crippen LogP contribution < -0.4 is 4.90 Å². The maximum absolute atomic E-state index is 12.8. The lowest BCUT2D eigenvalue weighted by Crippen LogP contribution is -2.55. The van der Waals surface area contributed by atoms with E-state index in [0.717, 1.165) is 41.3 Å². The molecule has 1 aromatic heterocycles. The fourth-order valence-corrected chi connectivity index (χ4v) is 4.71. The molecule has 128 valence electrons. The first-order chi connectivity index (χ1) is 11.7. The summed E-state index contributed by atoms with van der Waals surface area (Å²) in [4.78, 5) is 21.4. The predicted molar refractivity (Wildman–Crippen MR) is 96.6 cm³/mol. The first-order valence-electron chi connectivity index (χ1n) is 8.70. The third-order valence-corrected chi connectivity index (χ3v) is 6.24. The van der Waals surface area contributed by atoms with Gasteiger partial charge in [-0.2, -0.15) is 0 Å². The van der Waals surface area contributed by atoms with E-state index in [-0.39, 0.29) is 5.91 Å². The summed E-state index contributed by atoms with van der Waals surface area (Å²) < 4.78 is 7.02. The molecule has 5 nitrogen and oxygen atoms in total. The molecule has 0 bridgehead atoms. The Morgan fingerprint density at radius 1 is 1.38 bits per heavy atom. The van der Waals surface area contributed by atoms with Crippen LogP contribution in [0.1, 0.15) is 25.7 Å². The van der Waals surface area contributed by atoms with Crippen molar-refractivity contribution in [2.24, 2.45) is 0 Å².